The molecule has 0 radical (unpaired) electrons. The number of likely N-dealkylation sites (tertiary alicyclic amines) is 1. The Morgan fingerprint density at radius 3 is 2.33 bits per heavy atom. The van der Waals surface area contributed by atoms with Crippen LogP contribution >= 0.6 is 0 Å². The Kier molecular flexibility index (Phi) is 4.78. The van der Waals surface area contributed by atoms with E-state index in [2.05, 4.69) is 5.32 Å². The molecule has 0 aromatic heterocycles. The molecule has 0 bridgehead atoms. The van der Waals surface area contributed by atoms with E-state index < -0.39 is 10.0 Å². The minimum Gasteiger partial charge on any atom is -0.325 e. The first-order chi connectivity index (χ1) is 13.1. The van der Waals surface area contributed by atoms with E-state index in [-0.39, 0.29) is 10.9 Å². The van der Waals surface area contributed by atoms with Crippen LogP contribution in [0.5, 0.6) is 0 Å². The van der Waals surface area contributed by atoms with Gasteiger partial charge in [-0.15, -0.1) is 0 Å². The van der Waals surface area contributed by atoms with Crippen LogP contribution in [0, 0.1) is 0 Å². The third kappa shape index (κ3) is 3.51. The van der Waals surface area contributed by atoms with Crippen molar-refractivity contribution in [1.29, 1.82) is 0 Å². The van der Waals surface area contributed by atoms with Crippen molar-refractivity contribution in [2.24, 2.45) is 0 Å². The number of anilines is 2. The zero-order valence-corrected chi connectivity index (χ0v) is 15.9. The molecule has 1 N–H and O–H groups in total. The van der Waals surface area contributed by atoms with Gasteiger partial charge in [0.2, 0.25) is 0 Å². The SMILES string of the molecule is O=C(Nc1ccc(S(=O)(=O)N2CCCc3ccccc32)cc1)N1CCCC1. The molecule has 1 saturated heterocycles. The first-order valence-corrected chi connectivity index (χ1v) is 10.8. The predicted molar refractivity (Wildman–Crippen MR) is 106 cm³/mol. The van der Waals surface area contributed by atoms with Gasteiger partial charge in [-0.25, -0.2) is 13.2 Å². The highest BCUT2D eigenvalue weighted by molar-refractivity contribution is 7.92. The summed E-state index contributed by atoms with van der Waals surface area (Å²) in [5.74, 6) is 0. The number of benzene rings is 2. The van der Waals surface area contributed by atoms with Crippen LogP contribution in [0.1, 0.15) is 24.8 Å². The van der Waals surface area contributed by atoms with Crippen LogP contribution in [0.4, 0.5) is 16.2 Å². The summed E-state index contributed by atoms with van der Waals surface area (Å²) in [4.78, 5) is 14.2. The number of hydrogen-bond acceptors (Lipinski definition) is 3. The summed E-state index contributed by atoms with van der Waals surface area (Å²) < 4.78 is 27.7. The summed E-state index contributed by atoms with van der Waals surface area (Å²) in [6.07, 6.45) is 3.76. The van der Waals surface area contributed by atoms with E-state index in [1.165, 1.54) is 4.31 Å². The van der Waals surface area contributed by atoms with E-state index >= 15 is 0 Å². The second-order valence-electron chi connectivity index (χ2n) is 6.96. The van der Waals surface area contributed by atoms with Crippen molar-refractivity contribution in [2.75, 3.05) is 29.3 Å². The fraction of sp³-hybridized carbons (Fsp3) is 0.350. The molecule has 6 nitrogen and oxygen atoms in total. The first kappa shape index (κ1) is 17.9. The average molecular weight is 385 g/mol. The van der Waals surface area contributed by atoms with E-state index in [9.17, 15) is 13.2 Å². The molecule has 0 saturated carbocycles. The molecule has 0 unspecified atom stereocenters. The van der Waals surface area contributed by atoms with Crippen LogP contribution in [0.3, 0.4) is 0 Å². The highest BCUT2D eigenvalue weighted by atomic mass is 32.2. The molecule has 2 aliphatic heterocycles. The van der Waals surface area contributed by atoms with Gasteiger partial charge in [-0.2, -0.15) is 0 Å². The maximum Gasteiger partial charge on any atom is 0.321 e. The van der Waals surface area contributed by atoms with Crippen LogP contribution in [-0.2, 0) is 16.4 Å². The Balaban J connectivity index is 1.54. The largest absolute Gasteiger partial charge is 0.325 e. The first-order valence-electron chi connectivity index (χ1n) is 9.32. The molecule has 0 atom stereocenters. The van der Waals surface area contributed by atoms with Crippen molar-refractivity contribution in [1.82, 2.24) is 4.90 Å². The minimum absolute atomic E-state index is 0.131. The van der Waals surface area contributed by atoms with Gasteiger partial charge in [0.05, 0.1) is 10.6 Å². The van der Waals surface area contributed by atoms with Crippen molar-refractivity contribution in [2.45, 2.75) is 30.6 Å². The molecule has 2 heterocycles. The van der Waals surface area contributed by atoms with Crippen LogP contribution in [0.25, 0.3) is 0 Å². The molecule has 1 fully saturated rings. The number of carbonyl (C=O) groups is 1. The fourth-order valence-electron chi connectivity index (χ4n) is 3.71. The number of nitrogens with one attached hydrogen (secondary N) is 1. The Morgan fingerprint density at radius 2 is 1.59 bits per heavy atom. The molecule has 4 rings (SSSR count). The molecular weight excluding hydrogens is 362 g/mol. The van der Waals surface area contributed by atoms with E-state index in [0.29, 0.717) is 12.2 Å². The lowest BCUT2D eigenvalue weighted by Crippen LogP contribution is -2.35. The van der Waals surface area contributed by atoms with Gasteiger partial charge in [-0.05, 0) is 61.6 Å². The van der Waals surface area contributed by atoms with Gasteiger partial charge >= 0.3 is 6.03 Å². The van der Waals surface area contributed by atoms with E-state index in [4.69, 9.17) is 0 Å². The summed E-state index contributed by atoms with van der Waals surface area (Å²) in [7, 11) is -3.63. The molecule has 142 valence electrons. The van der Waals surface area contributed by atoms with Gasteiger partial charge in [0.1, 0.15) is 0 Å². The molecule has 27 heavy (non-hydrogen) atoms. The number of fused-ring (bicyclic) bond motifs is 1. The van der Waals surface area contributed by atoms with Gasteiger partial charge in [-0.3, -0.25) is 4.31 Å². The summed E-state index contributed by atoms with van der Waals surface area (Å²) in [6, 6.07) is 13.9. The minimum atomic E-state index is -3.63. The predicted octanol–water partition coefficient (Wildman–Crippen LogP) is 3.46. The number of hydrogen-bond donors (Lipinski definition) is 1. The maximum absolute atomic E-state index is 13.1. The van der Waals surface area contributed by atoms with Gasteiger partial charge in [0, 0.05) is 25.3 Å². The monoisotopic (exact) mass is 385 g/mol. The lowest BCUT2D eigenvalue weighted by molar-refractivity contribution is 0.222. The van der Waals surface area contributed by atoms with E-state index in [1.54, 1.807) is 29.2 Å². The molecule has 2 amide bonds. The third-order valence-electron chi connectivity index (χ3n) is 5.15. The number of sulfonamides is 1. The number of para-hydroxylation sites is 1. The molecule has 2 aromatic carbocycles. The second kappa shape index (κ2) is 7.23. The average Bonchev–Trinajstić information content (AvgIpc) is 3.23. The lowest BCUT2D eigenvalue weighted by Gasteiger charge is -2.30. The van der Waals surface area contributed by atoms with Crippen molar-refractivity contribution < 1.29 is 13.2 Å². The maximum atomic E-state index is 13.1. The number of urea groups is 1. The number of rotatable bonds is 3. The molecule has 2 aliphatic rings. The Hall–Kier alpha value is -2.54. The van der Waals surface area contributed by atoms with Gasteiger partial charge in [-0.1, -0.05) is 18.2 Å². The van der Waals surface area contributed by atoms with Gasteiger partial charge in [0.25, 0.3) is 10.0 Å². The van der Waals surface area contributed by atoms with Crippen LogP contribution in [-0.4, -0.2) is 39.0 Å². The second-order valence-corrected chi connectivity index (χ2v) is 8.82. The zero-order chi connectivity index (χ0) is 18.9. The smallest absolute Gasteiger partial charge is 0.321 e. The Labute approximate surface area is 159 Å². The van der Waals surface area contributed by atoms with Crippen molar-refractivity contribution >= 4 is 27.4 Å². The molecule has 2 aromatic rings. The molecule has 0 spiro atoms. The van der Waals surface area contributed by atoms with E-state index in [0.717, 1.165) is 50.0 Å². The quantitative estimate of drug-likeness (QED) is 0.880. The Bertz CT molecular complexity index is 935. The highest BCUT2D eigenvalue weighted by Gasteiger charge is 2.28. The molecule has 7 heteroatoms. The topological polar surface area (TPSA) is 69.7 Å². The number of nitrogens with zero attached hydrogens (tertiary/aromatic N) is 2. The lowest BCUT2D eigenvalue weighted by atomic mass is 10.0. The normalized spacial score (nSPS) is 16.9. The van der Waals surface area contributed by atoms with Crippen LogP contribution in [0.15, 0.2) is 53.4 Å². The summed E-state index contributed by atoms with van der Waals surface area (Å²) in [6.45, 7) is 2.02. The zero-order valence-electron chi connectivity index (χ0n) is 15.1. The standard InChI is InChI=1S/C20H23N3O3S/c24-20(22-13-3-4-14-22)21-17-9-11-18(12-10-17)27(25,26)23-15-5-7-16-6-1-2-8-19(16)23/h1-2,6,8-12H,3-5,7,13-15H2,(H,21,24). The van der Waals surface area contributed by atoms with Crippen LogP contribution in [0.2, 0.25) is 0 Å². The summed E-state index contributed by atoms with van der Waals surface area (Å²) in [5.41, 5.74) is 2.42. The van der Waals surface area contributed by atoms with Gasteiger partial charge < -0.3 is 10.2 Å². The number of amides is 2. The number of aryl methyl sites for hydroxylation is 1. The van der Waals surface area contributed by atoms with Crippen LogP contribution < -0.4 is 9.62 Å². The third-order valence-corrected chi connectivity index (χ3v) is 6.98. The number of carbonyl (C=O) groups excluding carboxylic acids is 1. The summed E-state index contributed by atoms with van der Waals surface area (Å²) >= 11 is 0. The highest BCUT2D eigenvalue weighted by Crippen LogP contribution is 2.32. The van der Waals surface area contributed by atoms with E-state index in [1.807, 2.05) is 24.3 Å². The molecule has 0 aliphatic carbocycles. The Morgan fingerprint density at radius 1 is 0.889 bits per heavy atom. The van der Waals surface area contributed by atoms with Crippen molar-refractivity contribution in [3.63, 3.8) is 0 Å². The summed E-state index contributed by atoms with van der Waals surface area (Å²) in [5, 5.41) is 2.84. The fourth-order valence-corrected chi connectivity index (χ4v) is 5.25. The van der Waals surface area contributed by atoms with Crippen molar-refractivity contribution in [3.8, 4) is 0 Å². The van der Waals surface area contributed by atoms with Gasteiger partial charge in [0.15, 0.2) is 0 Å². The van der Waals surface area contributed by atoms with Crippen molar-refractivity contribution in [3.05, 3.63) is 54.1 Å². The molecular formula is C20H23N3O3S.